The highest BCUT2D eigenvalue weighted by Gasteiger charge is 2.50. The lowest BCUT2D eigenvalue weighted by molar-refractivity contribution is -0.153. The first-order chi connectivity index (χ1) is 15.6. The first-order valence-corrected chi connectivity index (χ1v) is 10.7. The minimum Gasteiger partial charge on any atom is -0.484 e. The van der Waals surface area contributed by atoms with Crippen molar-refractivity contribution in [1.29, 1.82) is 0 Å². The molecular weight excluding hydrogens is 435 g/mol. The summed E-state index contributed by atoms with van der Waals surface area (Å²) in [6, 6.07) is 6.34. The highest BCUT2D eigenvalue weighted by Crippen LogP contribution is 2.54. The van der Waals surface area contributed by atoms with E-state index in [0.29, 0.717) is 35.7 Å². The Balaban J connectivity index is 1.47. The van der Waals surface area contributed by atoms with Crippen LogP contribution >= 0.6 is 0 Å². The third kappa shape index (κ3) is 4.64. The normalized spacial score (nSPS) is 22.1. The molecule has 7 nitrogen and oxygen atoms in total. The zero-order valence-corrected chi connectivity index (χ0v) is 18.3. The van der Waals surface area contributed by atoms with Crippen LogP contribution in [0, 0.1) is 17.3 Å². The van der Waals surface area contributed by atoms with Crippen molar-refractivity contribution in [3.63, 3.8) is 0 Å². The van der Waals surface area contributed by atoms with E-state index in [9.17, 15) is 18.0 Å². The van der Waals surface area contributed by atoms with E-state index in [1.54, 1.807) is 28.6 Å². The molecule has 1 spiro atoms. The Morgan fingerprint density at radius 3 is 2.61 bits per heavy atom. The number of nitrogens with zero attached hydrogens (tertiary/aromatic N) is 3. The van der Waals surface area contributed by atoms with Gasteiger partial charge in [-0.05, 0) is 61.8 Å². The van der Waals surface area contributed by atoms with Crippen molar-refractivity contribution in [1.82, 2.24) is 14.7 Å². The summed E-state index contributed by atoms with van der Waals surface area (Å²) >= 11 is 0. The van der Waals surface area contributed by atoms with Gasteiger partial charge >= 0.3 is 6.18 Å². The minimum absolute atomic E-state index is 0.0641. The van der Waals surface area contributed by atoms with Gasteiger partial charge in [0.1, 0.15) is 11.6 Å². The Kier molecular flexibility index (Phi) is 6.01. The van der Waals surface area contributed by atoms with Gasteiger partial charge in [-0.1, -0.05) is 5.92 Å². The van der Waals surface area contributed by atoms with E-state index in [0.717, 1.165) is 19.3 Å². The average Bonchev–Trinajstić information content (AvgIpc) is 3.33. The number of carbonyl (C=O) groups is 1. The quantitative estimate of drug-likeness (QED) is 0.667. The Morgan fingerprint density at radius 1 is 1.30 bits per heavy atom. The van der Waals surface area contributed by atoms with Crippen molar-refractivity contribution in [2.24, 2.45) is 11.1 Å². The molecule has 1 saturated heterocycles. The third-order valence-corrected chi connectivity index (χ3v) is 6.42. The number of aromatic nitrogens is 2. The maximum absolute atomic E-state index is 12.4. The lowest BCUT2D eigenvalue weighted by Gasteiger charge is -2.45. The van der Waals surface area contributed by atoms with E-state index < -0.39 is 12.8 Å². The highest BCUT2D eigenvalue weighted by atomic mass is 19.4. The van der Waals surface area contributed by atoms with Gasteiger partial charge in [0.25, 0.3) is 5.91 Å². The third-order valence-electron chi connectivity index (χ3n) is 6.42. The number of alkyl halides is 3. The van der Waals surface area contributed by atoms with Crippen LogP contribution in [0.1, 0.15) is 37.8 Å². The van der Waals surface area contributed by atoms with Crippen molar-refractivity contribution in [2.75, 3.05) is 25.4 Å². The fourth-order valence-corrected chi connectivity index (χ4v) is 4.81. The number of nitrogen functional groups attached to an aromatic ring is 1. The predicted molar refractivity (Wildman–Crippen MR) is 117 cm³/mol. The second-order valence-corrected chi connectivity index (χ2v) is 8.70. The number of benzene rings is 1. The number of anilines is 1. The van der Waals surface area contributed by atoms with Crippen molar-refractivity contribution in [2.45, 2.75) is 44.9 Å². The van der Waals surface area contributed by atoms with E-state index in [2.05, 4.69) is 11.8 Å². The first kappa shape index (κ1) is 23.0. The number of likely N-dealkylation sites (tertiary alicyclic amines) is 1. The van der Waals surface area contributed by atoms with Gasteiger partial charge in [0.05, 0.1) is 11.7 Å². The maximum atomic E-state index is 12.4. The number of ether oxygens (including phenoxy) is 1. The first-order valence-electron chi connectivity index (χ1n) is 10.7. The molecule has 2 aliphatic rings. The Morgan fingerprint density at radius 2 is 2.00 bits per heavy atom. The molecule has 1 aliphatic carbocycles. The molecular formula is C23H26F3N5O2. The average molecular weight is 461 g/mol. The summed E-state index contributed by atoms with van der Waals surface area (Å²) in [5, 5.41) is 4.71. The van der Waals surface area contributed by atoms with Crippen molar-refractivity contribution < 1.29 is 22.7 Å². The minimum atomic E-state index is -4.40. The molecule has 0 unspecified atom stereocenters. The van der Waals surface area contributed by atoms with Crippen molar-refractivity contribution in [3.05, 3.63) is 29.8 Å². The Labute approximate surface area is 189 Å². The molecule has 1 aliphatic heterocycles. The lowest BCUT2D eigenvalue weighted by Crippen LogP contribution is -2.42. The van der Waals surface area contributed by atoms with E-state index >= 15 is 0 Å². The number of amides is 1. The van der Waals surface area contributed by atoms with Crippen molar-refractivity contribution >= 4 is 11.7 Å². The number of carbonyl (C=O) groups excluding carboxylic acids is 1. The summed E-state index contributed by atoms with van der Waals surface area (Å²) in [6.07, 6.45) is -1.75. The van der Waals surface area contributed by atoms with Gasteiger partial charge in [-0.25, -0.2) is 4.68 Å². The van der Waals surface area contributed by atoms with Gasteiger partial charge in [-0.2, -0.15) is 18.3 Å². The predicted octanol–water partition coefficient (Wildman–Crippen LogP) is 3.11. The molecule has 0 atom stereocenters. The van der Waals surface area contributed by atoms with E-state index in [4.69, 9.17) is 21.3 Å². The monoisotopic (exact) mass is 461 g/mol. The maximum Gasteiger partial charge on any atom is 0.422 e. The molecule has 2 aromatic rings. The molecule has 0 radical (unpaired) electrons. The largest absolute Gasteiger partial charge is 0.484 e. The van der Waals surface area contributed by atoms with Crippen LogP contribution in [0.4, 0.5) is 19.0 Å². The topological polar surface area (TPSA) is 99.4 Å². The smallest absolute Gasteiger partial charge is 0.422 e. The number of hydrogen-bond acceptors (Lipinski definition) is 5. The SMILES string of the molecule is CC#CC(=O)N1CCC2(CC(n3nc(-c4ccc(OCC(F)(F)F)cc4)c(CN)c3N)C2)C1. The Bertz CT molecular complexity index is 1090. The molecule has 0 bridgehead atoms. The van der Waals surface area contributed by atoms with Crippen LogP contribution in [-0.4, -0.2) is 46.5 Å². The van der Waals surface area contributed by atoms with E-state index in [1.165, 1.54) is 12.1 Å². The number of nitrogens with two attached hydrogens (primary N) is 2. The summed E-state index contributed by atoms with van der Waals surface area (Å²) in [5.74, 6) is 5.74. The summed E-state index contributed by atoms with van der Waals surface area (Å²) in [5.41, 5.74) is 14.4. The Hall–Kier alpha value is -3.19. The molecule has 1 aromatic carbocycles. The number of hydrogen-bond donors (Lipinski definition) is 2. The van der Waals surface area contributed by atoms with Crippen LogP contribution in [0.25, 0.3) is 11.3 Å². The molecule has 33 heavy (non-hydrogen) atoms. The molecule has 4 rings (SSSR count). The van der Waals surface area contributed by atoms with Gasteiger partial charge in [-0.15, -0.1) is 0 Å². The van der Waals surface area contributed by atoms with E-state index in [-0.39, 0.29) is 29.7 Å². The molecule has 176 valence electrons. The molecule has 1 aromatic heterocycles. The molecule has 4 N–H and O–H groups in total. The van der Waals surface area contributed by atoms with E-state index in [1.807, 2.05) is 0 Å². The van der Waals surface area contributed by atoms with Crippen LogP contribution in [0.15, 0.2) is 24.3 Å². The zero-order chi connectivity index (χ0) is 23.8. The lowest BCUT2D eigenvalue weighted by atomic mass is 9.65. The summed E-state index contributed by atoms with van der Waals surface area (Å²) < 4.78 is 43.7. The molecule has 1 saturated carbocycles. The van der Waals surface area contributed by atoms with Gasteiger partial charge < -0.3 is 21.1 Å². The van der Waals surface area contributed by atoms with Crippen molar-refractivity contribution in [3.8, 4) is 28.8 Å². The van der Waals surface area contributed by atoms with Crippen LogP contribution in [0.2, 0.25) is 0 Å². The van der Waals surface area contributed by atoms with Gasteiger partial charge in [0.15, 0.2) is 6.61 Å². The summed E-state index contributed by atoms with van der Waals surface area (Å²) in [4.78, 5) is 13.9. The second kappa shape index (κ2) is 8.63. The molecule has 10 heteroatoms. The molecule has 1 amide bonds. The molecule has 2 heterocycles. The van der Waals surface area contributed by atoms with Crippen LogP contribution in [-0.2, 0) is 11.3 Å². The standard InChI is InChI=1S/C23H26F3N5O2/c1-2-3-19(32)30-9-8-22(13-30)10-16(11-22)31-21(28)18(12-27)20(29-31)15-4-6-17(7-5-15)33-14-23(24,25)26/h4-7,16H,8-14,27-28H2,1H3. The van der Waals surface area contributed by atoms with Gasteiger partial charge in [0.2, 0.25) is 0 Å². The summed E-state index contributed by atoms with van der Waals surface area (Å²) in [7, 11) is 0. The van der Waals surface area contributed by atoms with Gasteiger partial charge in [-0.3, -0.25) is 4.79 Å². The van der Waals surface area contributed by atoms with Crippen LogP contribution in [0.3, 0.4) is 0 Å². The molecule has 2 fully saturated rings. The number of halogens is 3. The van der Waals surface area contributed by atoms with Crippen LogP contribution in [0.5, 0.6) is 5.75 Å². The summed E-state index contributed by atoms with van der Waals surface area (Å²) in [6.45, 7) is 1.88. The van der Waals surface area contributed by atoms with Gasteiger partial charge in [0, 0.05) is 30.8 Å². The second-order valence-electron chi connectivity index (χ2n) is 8.70. The highest BCUT2D eigenvalue weighted by molar-refractivity contribution is 5.93. The fraction of sp³-hybridized carbons (Fsp3) is 0.478. The van der Waals surface area contributed by atoms with Crippen LogP contribution < -0.4 is 16.2 Å². The zero-order valence-electron chi connectivity index (χ0n) is 18.3. The number of rotatable bonds is 5. The fourth-order valence-electron chi connectivity index (χ4n) is 4.81.